The zero-order valence-electron chi connectivity index (χ0n) is 15.6. The van der Waals surface area contributed by atoms with Crippen molar-refractivity contribution in [2.45, 2.75) is 12.6 Å². The van der Waals surface area contributed by atoms with Crippen molar-refractivity contribution >= 4 is 29.3 Å². The third kappa shape index (κ3) is 4.75. The lowest BCUT2D eigenvalue weighted by molar-refractivity contribution is 0.1000. The summed E-state index contributed by atoms with van der Waals surface area (Å²) < 4.78 is 5.93. The number of carbonyl (C=O) groups is 1. The number of nitrogens with zero attached hydrogens (tertiary/aromatic N) is 3. The van der Waals surface area contributed by atoms with E-state index in [2.05, 4.69) is 20.2 Å². The molecule has 1 saturated heterocycles. The van der Waals surface area contributed by atoms with Gasteiger partial charge in [0.2, 0.25) is 11.9 Å². The van der Waals surface area contributed by atoms with E-state index in [1.54, 1.807) is 24.4 Å². The number of anilines is 2. The van der Waals surface area contributed by atoms with Gasteiger partial charge in [-0.05, 0) is 48.0 Å². The van der Waals surface area contributed by atoms with Gasteiger partial charge in [0.1, 0.15) is 17.7 Å². The van der Waals surface area contributed by atoms with E-state index in [-0.39, 0.29) is 6.10 Å². The minimum Gasteiger partial charge on any atom is -0.487 e. The van der Waals surface area contributed by atoms with E-state index >= 15 is 0 Å². The summed E-state index contributed by atoms with van der Waals surface area (Å²) in [7, 11) is 0. The van der Waals surface area contributed by atoms with Crippen LogP contribution in [-0.4, -0.2) is 35.1 Å². The summed E-state index contributed by atoms with van der Waals surface area (Å²) in [5, 5.41) is 3.87. The molecule has 0 aliphatic carbocycles. The number of hydrogen-bond acceptors (Lipinski definition) is 6. The minimum atomic E-state index is -0.446. The average molecular weight is 410 g/mol. The molecule has 8 heteroatoms. The number of benzene rings is 2. The first-order valence-electron chi connectivity index (χ1n) is 9.20. The molecule has 1 aliphatic rings. The average Bonchev–Trinajstić information content (AvgIpc) is 2.70. The largest absolute Gasteiger partial charge is 0.487 e. The number of nitrogens with one attached hydrogen (secondary N) is 1. The number of ether oxygens (including phenoxy) is 1. The number of aromatic nitrogens is 2. The molecule has 7 nitrogen and oxygen atoms in total. The van der Waals surface area contributed by atoms with E-state index in [0.717, 1.165) is 30.2 Å². The van der Waals surface area contributed by atoms with Crippen LogP contribution in [0.1, 0.15) is 15.9 Å². The van der Waals surface area contributed by atoms with Crippen LogP contribution in [0.4, 0.5) is 11.8 Å². The van der Waals surface area contributed by atoms with Gasteiger partial charge in [0.25, 0.3) is 0 Å². The maximum absolute atomic E-state index is 11.3. The Morgan fingerprint density at radius 3 is 2.76 bits per heavy atom. The zero-order valence-corrected chi connectivity index (χ0v) is 16.3. The van der Waals surface area contributed by atoms with Gasteiger partial charge in [-0.25, -0.2) is 4.98 Å². The van der Waals surface area contributed by atoms with Crippen molar-refractivity contribution in [2.75, 3.05) is 23.3 Å². The summed E-state index contributed by atoms with van der Waals surface area (Å²) in [4.78, 5) is 22.2. The van der Waals surface area contributed by atoms with Crippen LogP contribution >= 0.6 is 11.6 Å². The highest BCUT2D eigenvalue weighted by Gasteiger charge is 2.29. The molecule has 29 heavy (non-hydrogen) atoms. The topological polar surface area (TPSA) is 93.4 Å². The number of nitrogens with two attached hydrogens (primary N) is 1. The van der Waals surface area contributed by atoms with Gasteiger partial charge >= 0.3 is 0 Å². The predicted molar refractivity (Wildman–Crippen MR) is 112 cm³/mol. The molecule has 148 valence electrons. The van der Waals surface area contributed by atoms with Crippen molar-refractivity contribution in [1.82, 2.24) is 9.97 Å². The Labute approximate surface area is 173 Å². The van der Waals surface area contributed by atoms with Crippen LogP contribution in [0.15, 0.2) is 60.8 Å². The van der Waals surface area contributed by atoms with Crippen LogP contribution in [-0.2, 0) is 6.54 Å². The van der Waals surface area contributed by atoms with Crippen molar-refractivity contribution in [1.29, 1.82) is 0 Å². The summed E-state index contributed by atoms with van der Waals surface area (Å²) in [6.45, 7) is 1.99. The molecule has 0 saturated carbocycles. The van der Waals surface area contributed by atoms with Gasteiger partial charge in [0.15, 0.2) is 0 Å². The van der Waals surface area contributed by atoms with Gasteiger partial charge in [-0.15, -0.1) is 0 Å². The first-order valence-corrected chi connectivity index (χ1v) is 9.57. The highest BCUT2D eigenvalue weighted by atomic mass is 35.5. The molecule has 2 aromatic carbocycles. The Bertz CT molecular complexity index is 1010. The number of amides is 1. The number of halogens is 1. The normalized spacial score (nSPS) is 13.6. The molecule has 0 unspecified atom stereocenters. The van der Waals surface area contributed by atoms with Gasteiger partial charge in [0.05, 0.1) is 13.1 Å². The van der Waals surface area contributed by atoms with Crippen LogP contribution in [0.25, 0.3) is 0 Å². The van der Waals surface area contributed by atoms with Crippen molar-refractivity contribution in [3.63, 3.8) is 0 Å². The maximum atomic E-state index is 11.3. The fourth-order valence-electron chi connectivity index (χ4n) is 3.03. The first-order chi connectivity index (χ1) is 14.1. The Hall–Kier alpha value is -3.32. The van der Waals surface area contributed by atoms with Crippen molar-refractivity contribution < 1.29 is 9.53 Å². The minimum absolute atomic E-state index is 0.110. The highest BCUT2D eigenvalue weighted by Crippen LogP contribution is 2.24. The standard InChI is InChI=1S/C21H20ClN5O2/c22-16-4-6-17(7-5-16)29-18-12-27(13-18)19-8-9-24-21(26-19)25-11-14-2-1-3-15(10-14)20(23)28/h1-10,18H,11-13H2,(H2,23,28)(H,24,25,26). The molecule has 4 rings (SSSR count). The SMILES string of the molecule is NC(=O)c1cccc(CNc2nccc(N3CC(Oc4ccc(Cl)cc4)C3)n2)c1. The molecule has 0 radical (unpaired) electrons. The van der Waals surface area contributed by atoms with E-state index in [4.69, 9.17) is 22.1 Å². The lowest BCUT2D eigenvalue weighted by atomic mass is 10.1. The third-order valence-electron chi connectivity index (χ3n) is 4.59. The van der Waals surface area contributed by atoms with Gasteiger partial charge < -0.3 is 20.7 Å². The Morgan fingerprint density at radius 1 is 1.21 bits per heavy atom. The predicted octanol–water partition coefficient (Wildman–Crippen LogP) is 3.11. The second-order valence-corrected chi connectivity index (χ2v) is 7.19. The number of carbonyl (C=O) groups excluding carboxylic acids is 1. The molecule has 0 spiro atoms. The first kappa shape index (κ1) is 19.0. The van der Waals surface area contributed by atoms with Gasteiger partial charge in [-0.3, -0.25) is 4.79 Å². The fraction of sp³-hybridized carbons (Fsp3) is 0.190. The van der Waals surface area contributed by atoms with Gasteiger partial charge in [0, 0.05) is 23.3 Å². The molecule has 0 bridgehead atoms. The molecule has 1 amide bonds. The molecule has 1 aromatic heterocycles. The molecular weight excluding hydrogens is 390 g/mol. The van der Waals surface area contributed by atoms with Crippen LogP contribution in [0.2, 0.25) is 5.02 Å². The number of primary amides is 1. The van der Waals surface area contributed by atoms with E-state index in [0.29, 0.717) is 23.1 Å². The fourth-order valence-corrected chi connectivity index (χ4v) is 3.16. The lowest BCUT2D eigenvalue weighted by Crippen LogP contribution is -2.54. The van der Waals surface area contributed by atoms with Crippen LogP contribution < -0.4 is 20.7 Å². The molecule has 3 N–H and O–H groups in total. The van der Waals surface area contributed by atoms with E-state index in [1.807, 2.05) is 36.4 Å². The zero-order chi connectivity index (χ0) is 20.2. The monoisotopic (exact) mass is 409 g/mol. The Kier molecular flexibility index (Phi) is 5.48. The van der Waals surface area contributed by atoms with Crippen LogP contribution in [0, 0.1) is 0 Å². The Balaban J connectivity index is 1.32. The summed E-state index contributed by atoms with van der Waals surface area (Å²) in [6, 6.07) is 16.4. The van der Waals surface area contributed by atoms with E-state index in [9.17, 15) is 4.79 Å². The Morgan fingerprint density at radius 2 is 2.00 bits per heavy atom. The van der Waals surface area contributed by atoms with Crippen molar-refractivity contribution in [2.24, 2.45) is 5.73 Å². The van der Waals surface area contributed by atoms with Crippen LogP contribution in [0.3, 0.4) is 0 Å². The highest BCUT2D eigenvalue weighted by molar-refractivity contribution is 6.30. The van der Waals surface area contributed by atoms with E-state index in [1.165, 1.54) is 0 Å². The lowest BCUT2D eigenvalue weighted by Gasteiger charge is -2.39. The summed E-state index contributed by atoms with van der Waals surface area (Å²) >= 11 is 5.90. The smallest absolute Gasteiger partial charge is 0.248 e. The molecule has 0 atom stereocenters. The number of rotatable bonds is 7. The van der Waals surface area contributed by atoms with E-state index < -0.39 is 5.91 Å². The van der Waals surface area contributed by atoms with Crippen molar-refractivity contribution in [3.8, 4) is 5.75 Å². The summed E-state index contributed by atoms with van der Waals surface area (Å²) in [6.07, 6.45) is 1.83. The maximum Gasteiger partial charge on any atom is 0.248 e. The molecule has 1 aliphatic heterocycles. The molecule has 3 aromatic rings. The summed E-state index contributed by atoms with van der Waals surface area (Å²) in [5.74, 6) is 1.72. The molecule has 1 fully saturated rings. The second kappa shape index (κ2) is 8.36. The van der Waals surface area contributed by atoms with Crippen LogP contribution in [0.5, 0.6) is 5.75 Å². The molecular formula is C21H20ClN5O2. The summed E-state index contributed by atoms with van der Waals surface area (Å²) in [5.41, 5.74) is 6.73. The van der Waals surface area contributed by atoms with Crippen molar-refractivity contribution in [3.05, 3.63) is 76.9 Å². The van der Waals surface area contributed by atoms with Gasteiger partial charge in [-0.2, -0.15) is 4.98 Å². The molecule has 2 heterocycles. The number of hydrogen-bond donors (Lipinski definition) is 2. The second-order valence-electron chi connectivity index (χ2n) is 6.76. The third-order valence-corrected chi connectivity index (χ3v) is 4.84. The quantitative estimate of drug-likeness (QED) is 0.622. The van der Waals surface area contributed by atoms with Gasteiger partial charge in [-0.1, -0.05) is 23.7 Å².